The Labute approximate surface area is 224 Å². The van der Waals surface area contributed by atoms with Gasteiger partial charge in [0.05, 0.1) is 20.9 Å². The third-order valence-corrected chi connectivity index (χ3v) is 8.33. The first-order chi connectivity index (χ1) is 17.9. The number of benzene rings is 2. The standard InChI is InChI=1S/C23H22ClFN6O5S2/c1-30(2)10-9-26-13-3-5-15-17(12-13)28-23(34)31(21(15)32)18-6-4-14(11-16(18)25)27-22(33)29-38(35,36)20-8-7-19(24)37-20/h3-8,11-12,26H,9-10H2,1-2H3,(H,28,34)(H2,27,29,33). The maximum absolute atomic E-state index is 15.0. The third-order valence-electron chi connectivity index (χ3n) is 5.27. The number of hydrogen-bond acceptors (Lipinski definition) is 8. The number of aromatic nitrogens is 2. The van der Waals surface area contributed by atoms with Gasteiger partial charge < -0.3 is 20.5 Å². The minimum absolute atomic E-state index is 0.109. The number of H-pyrrole nitrogens is 1. The van der Waals surface area contributed by atoms with Crippen molar-refractivity contribution in [3.05, 3.63) is 79.5 Å². The molecular formula is C23H22ClFN6O5S2. The van der Waals surface area contributed by atoms with E-state index in [1.807, 2.05) is 19.0 Å². The van der Waals surface area contributed by atoms with Gasteiger partial charge in [-0.3, -0.25) is 4.79 Å². The zero-order chi connectivity index (χ0) is 27.6. The first-order valence-electron chi connectivity index (χ1n) is 11.0. The summed E-state index contributed by atoms with van der Waals surface area (Å²) in [6.45, 7) is 1.43. The van der Waals surface area contributed by atoms with Crippen molar-refractivity contribution in [2.24, 2.45) is 0 Å². The summed E-state index contributed by atoms with van der Waals surface area (Å²) in [4.78, 5) is 42.6. The van der Waals surface area contributed by atoms with Gasteiger partial charge in [-0.05, 0) is 62.6 Å². The van der Waals surface area contributed by atoms with E-state index in [0.717, 1.165) is 30.0 Å². The molecule has 0 saturated heterocycles. The molecule has 2 amide bonds. The number of likely N-dealkylation sites (N-methyl/N-ethyl adjacent to an activating group) is 1. The molecular weight excluding hydrogens is 559 g/mol. The van der Waals surface area contributed by atoms with Gasteiger partial charge in [0.1, 0.15) is 10.0 Å². The largest absolute Gasteiger partial charge is 0.384 e. The van der Waals surface area contributed by atoms with Gasteiger partial charge in [-0.25, -0.2) is 31.7 Å². The highest BCUT2D eigenvalue weighted by atomic mass is 35.5. The number of carbonyl (C=O) groups excluding carboxylic acids is 1. The lowest BCUT2D eigenvalue weighted by molar-refractivity contribution is 0.256. The summed E-state index contributed by atoms with van der Waals surface area (Å²) >= 11 is 6.49. The fourth-order valence-electron chi connectivity index (χ4n) is 3.51. The van der Waals surface area contributed by atoms with Crippen molar-refractivity contribution in [3.8, 4) is 5.69 Å². The van der Waals surface area contributed by atoms with Gasteiger partial charge in [-0.15, -0.1) is 11.3 Å². The minimum Gasteiger partial charge on any atom is -0.384 e. The molecule has 2 aromatic heterocycles. The van der Waals surface area contributed by atoms with Crippen LogP contribution in [0.1, 0.15) is 0 Å². The van der Waals surface area contributed by atoms with E-state index in [2.05, 4.69) is 15.6 Å². The zero-order valence-corrected chi connectivity index (χ0v) is 22.4. The van der Waals surface area contributed by atoms with Crippen LogP contribution in [0.4, 0.5) is 20.6 Å². The molecule has 0 unspecified atom stereocenters. The van der Waals surface area contributed by atoms with Crippen LogP contribution in [0.25, 0.3) is 16.6 Å². The second-order valence-corrected chi connectivity index (χ2v) is 12.0. The maximum atomic E-state index is 15.0. The Morgan fingerprint density at radius 1 is 1.11 bits per heavy atom. The number of anilines is 2. The molecule has 0 aliphatic rings. The van der Waals surface area contributed by atoms with Gasteiger partial charge in [0.2, 0.25) is 0 Å². The molecule has 4 rings (SSSR count). The van der Waals surface area contributed by atoms with Crippen molar-refractivity contribution < 1.29 is 17.6 Å². The van der Waals surface area contributed by atoms with Crippen molar-refractivity contribution >= 4 is 61.3 Å². The number of rotatable bonds is 8. The van der Waals surface area contributed by atoms with E-state index in [-0.39, 0.29) is 30.8 Å². The zero-order valence-electron chi connectivity index (χ0n) is 20.0. The Kier molecular flexibility index (Phi) is 7.87. The highest BCUT2D eigenvalue weighted by molar-refractivity contribution is 7.92. The van der Waals surface area contributed by atoms with Crippen LogP contribution < -0.4 is 26.6 Å². The molecule has 0 saturated carbocycles. The molecule has 38 heavy (non-hydrogen) atoms. The third kappa shape index (κ3) is 6.05. The summed E-state index contributed by atoms with van der Waals surface area (Å²) in [5.74, 6) is -0.996. The lowest BCUT2D eigenvalue weighted by Crippen LogP contribution is -2.35. The lowest BCUT2D eigenvalue weighted by atomic mass is 10.2. The smallest absolute Gasteiger partial charge is 0.333 e. The number of nitrogens with one attached hydrogen (secondary N) is 4. The Hall–Kier alpha value is -3.72. The number of amides is 2. The topological polar surface area (TPSA) is 145 Å². The molecule has 15 heteroatoms. The van der Waals surface area contributed by atoms with Crippen LogP contribution in [0, 0.1) is 5.82 Å². The first kappa shape index (κ1) is 27.3. The molecule has 2 heterocycles. The minimum atomic E-state index is -4.18. The summed E-state index contributed by atoms with van der Waals surface area (Å²) in [7, 11) is -0.311. The number of carbonyl (C=O) groups is 1. The fraction of sp³-hybridized carbons (Fsp3) is 0.174. The van der Waals surface area contributed by atoms with Crippen LogP contribution in [-0.4, -0.2) is 56.1 Å². The Morgan fingerprint density at radius 2 is 1.84 bits per heavy atom. The van der Waals surface area contributed by atoms with E-state index in [1.165, 1.54) is 24.3 Å². The van der Waals surface area contributed by atoms with Gasteiger partial charge in [0, 0.05) is 24.5 Å². The Bertz CT molecular complexity index is 1750. The second-order valence-electron chi connectivity index (χ2n) is 8.35. The number of halogens is 2. The summed E-state index contributed by atoms with van der Waals surface area (Å²) in [6.07, 6.45) is 0. The predicted molar refractivity (Wildman–Crippen MR) is 146 cm³/mol. The average Bonchev–Trinajstić information content (AvgIpc) is 3.27. The van der Waals surface area contributed by atoms with Crippen LogP contribution in [-0.2, 0) is 10.0 Å². The summed E-state index contributed by atoms with van der Waals surface area (Å²) in [5.41, 5.74) is -1.06. The quantitative estimate of drug-likeness (QED) is 0.251. The molecule has 4 aromatic rings. The Morgan fingerprint density at radius 3 is 2.50 bits per heavy atom. The van der Waals surface area contributed by atoms with Crippen LogP contribution >= 0.6 is 22.9 Å². The average molecular weight is 581 g/mol. The van der Waals surface area contributed by atoms with Crippen molar-refractivity contribution in [1.82, 2.24) is 19.2 Å². The van der Waals surface area contributed by atoms with Crippen LogP contribution in [0.5, 0.6) is 0 Å². The van der Waals surface area contributed by atoms with Crippen molar-refractivity contribution in [2.45, 2.75) is 4.21 Å². The number of aromatic amines is 1. The number of nitrogens with zero attached hydrogens (tertiary/aromatic N) is 2. The highest BCUT2D eigenvalue weighted by Gasteiger charge is 2.20. The molecule has 0 bridgehead atoms. The summed E-state index contributed by atoms with van der Waals surface area (Å²) < 4.78 is 42.0. The van der Waals surface area contributed by atoms with Gasteiger partial charge in [0.15, 0.2) is 0 Å². The number of urea groups is 1. The number of thiophene rings is 1. The monoisotopic (exact) mass is 580 g/mol. The number of fused-ring (bicyclic) bond motifs is 1. The molecule has 0 atom stereocenters. The molecule has 0 aliphatic heterocycles. The molecule has 4 N–H and O–H groups in total. The number of hydrogen-bond donors (Lipinski definition) is 4. The molecule has 11 nitrogen and oxygen atoms in total. The molecule has 0 radical (unpaired) electrons. The summed E-state index contributed by atoms with van der Waals surface area (Å²) in [5, 5.41) is 5.56. The highest BCUT2D eigenvalue weighted by Crippen LogP contribution is 2.25. The maximum Gasteiger partial charge on any atom is 0.333 e. The molecule has 0 fully saturated rings. The normalized spacial score (nSPS) is 11.6. The SMILES string of the molecule is CN(C)CCNc1ccc2c(=O)n(-c3ccc(NC(=O)NS(=O)(=O)c4ccc(Cl)s4)cc3F)c(=O)[nH]c2c1. The van der Waals surface area contributed by atoms with Gasteiger partial charge in [0.25, 0.3) is 15.6 Å². The van der Waals surface area contributed by atoms with Gasteiger partial charge >= 0.3 is 11.7 Å². The van der Waals surface area contributed by atoms with E-state index in [4.69, 9.17) is 11.6 Å². The van der Waals surface area contributed by atoms with Crippen LogP contribution in [0.15, 0.2) is 62.3 Å². The second kappa shape index (κ2) is 10.9. The molecule has 2 aromatic carbocycles. The number of sulfonamides is 1. The molecule has 0 aliphatic carbocycles. The lowest BCUT2D eigenvalue weighted by Gasteiger charge is -2.13. The van der Waals surface area contributed by atoms with Crippen molar-refractivity contribution in [3.63, 3.8) is 0 Å². The van der Waals surface area contributed by atoms with Crippen LogP contribution in [0.3, 0.4) is 0 Å². The molecule has 0 spiro atoms. The van der Waals surface area contributed by atoms with Crippen molar-refractivity contribution in [1.29, 1.82) is 0 Å². The fourth-order valence-corrected chi connectivity index (χ4v) is 5.90. The van der Waals surface area contributed by atoms with Crippen LogP contribution in [0.2, 0.25) is 4.34 Å². The van der Waals surface area contributed by atoms with E-state index in [9.17, 15) is 27.2 Å². The van der Waals surface area contributed by atoms with Gasteiger partial charge in [-0.1, -0.05) is 11.6 Å². The van der Waals surface area contributed by atoms with Gasteiger partial charge in [-0.2, -0.15) is 0 Å². The van der Waals surface area contributed by atoms with Crippen molar-refractivity contribution in [2.75, 3.05) is 37.8 Å². The Balaban J connectivity index is 1.56. The first-order valence-corrected chi connectivity index (χ1v) is 13.7. The predicted octanol–water partition coefficient (Wildman–Crippen LogP) is 3.02. The summed E-state index contributed by atoms with van der Waals surface area (Å²) in [6, 6.07) is 9.50. The van der Waals surface area contributed by atoms with E-state index in [0.29, 0.717) is 16.8 Å². The molecule has 200 valence electrons. The van der Waals surface area contributed by atoms with E-state index in [1.54, 1.807) is 16.9 Å². The van der Waals surface area contributed by atoms with E-state index >= 15 is 0 Å². The van der Waals surface area contributed by atoms with E-state index < -0.39 is 33.1 Å².